The Kier molecular flexibility index (Phi) is 8.20. The molecule has 2 amide bonds. The van der Waals surface area contributed by atoms with Gasteiger partial charge in [-0.3, -0.25) is 19.7 Å². The minimum absolute atomic E-state index is 0.0960. The van der Waals surface area contributed by atoms with Gasteiger partial charge in [0.2, 0.25) is 5.75 Å². The van der Waals surface area contributed by atoms with Crippen LogP contribution < -0.4 is 24.2 Å². The molecular weight excluding hydrogens is 530 g/mol. The molecular formula is C23H20ClN3O9S. The van der Waals surface area contributed by atoms with Gasteiger partial charge in [-0.25, -0.2) is 13.1 Å². The SMILES string of the molecule is COc1cc(NC(=O)c2ccc(Cl)c(S(=O)(=O)NC(=O)c3cccc([N+](=O)[O-])c3)c2)cc(OC)c1OC. The summed E-state index contributed by atoms with van der Waals surface area (Å²) in [6, 6.07) is 10.9. The lowest BCUT2D eigenvalue weighted by Gasteiger charge is -2.15. The molecule has 0 heterocycles. The maximum absolute atomic E-state index is 12.9. The number of sulfonamides is 1. The number of nitrogens with one attached hydrogen (secondary N) is 2. The summed E-state index contributed by atoms with van der Waals surface area (Å²) in [5.41, 5.74) is -0.488. The second-order valence-corrected chi connectivity index (χ2v) is 9.31. The molecule has 0 saturated heterocycles. The number of non-ortho nitro benzene ring substituents is 1. The van der Waals surface area contributed by atoms with E-state index in [1.165, 1.54) is 57.7 Å². The number of carbonyl (C=O) groups excluding carboxylic acids is 2. The Bertz CT molecular complexity index is 1470. The van der Waals surface area contributed by atoms with Crippen LogP contribution in [0, 0.1) is 10.1 Å². The Labute approximate surface area is 216 Å². The number of methoxy groups -OCH3 is 3. The van der Waals surface area contributed by atoms with Crippen molar-refractivity contribution in [1.82, 2.24) is 4.72 Å². The number of carbonyl (C=O) groups is 2. The maximum atomic E-state index is 12.9. The van der Waals surface area contributed by atoms with Crippen molar-refractivity contribution in [1.29, 1.82) is 0 Å². The smallest absolute Gasteiger partial charge is 0.270 e. The lowest BCUT2D eigenvalue weighted by atomic mass is 10.2. The van der Waals surface area contributed by atoms with Crippen LogP contribution in [-0.4, -0.2) is 46.5 Å². The fourth-order valence-electron chi connectivity index (χ4n) is 3.20. The first-order chi connectivity index (χ1) is 17.5. The first kappa shape index (κ1) is 27.2. The van der Waals surface area contributed by atoms with Gasteiger partial charge in [-0.15, -0.1) is 0 Å². The van der Waals surface area contributed by atoms with Gasteiger partial charge in [0.25, 0.3) is 27.5 Å². The van der Waals surface area contributed by atoms with Gasteiger partial charge in [0.05, 0.1) is 31.3 Å². The van der Waals surface area contributed by atoms with Gasteiger partial charge in [0.1, 0.15) is 4.90 Å². The molecule has 0 aliphatic heterocycles. The number of benzene rings is 3. The Balaban J connectivity index is 1.88. The molecule has 37 heavy (non-hydrogen) atoms. The van der Waals surface area contributed by atoms with Gasteiger partial charge < -0.3 is 19.5 Å². The number of nitro groups is 1. The van der Waals surface area contributed by atoms with E-state index < -0.39 is 37.3 Å². The maximum Gasteiger partial charge on any atom is 0.270 e. The van der Waals surface area contributed by atoms with Crippen LogP contribution in [0.25, 0.3) is 0 Å². The standard InChI is InChI=1S/C23H20ClN3O9S/c1-34-18-11-15(12-19(35-2)21(18)36-3)25-22(28)14-7-8-17(24)20(10-14)37(32,33)26-23(29)13-5-4-6-16(9-13)27(30)31/h4-12H,1-3H3,(H,25,28)(H,26,29). The predicted molar refractivity (Wildman–Crippen MR) is 133 cm³/mol. The number of hydrogen-bond acceptors (Lipinski definition) is 9. The average Bonchev–Trinajstić information content (AvgIpc) is 2.87. The molecule has 0 bridgehead atoms. The molecule has 12 nitrogen and oxygen atoms in total. The number of halogens is 1. The highest BCUT2D eigenvalue weighted by Gasteiger charge is 2.24. The Morgan fingerprint density at radius 1 is 0.892 bits per heavy atom. The van der Waals surface area contributed by atoms with Crippen LogP contribution in [0.15, 0.2) is 59.5 Å². The van der Waals surface area contributed by atoms with Gasteiger partial charge >= 0.3 is 0 Å². The van der Waals surface area contributed by atoms with Crippen molar-refractivity contribution in [2.24, 2.45) is 0 Å². The van der Waals surface area contributed by atoms with Crippen molar-refractivity contribution in [3.05, 3.63) is 80.9 Å². The molecule has 0 aromatic heterocycles. The van der Waals surface area contributed by atoms with E-state index in [0.717, 1.165) is 18.2 Å². The number of hydrogen-bond donors (Lipinski definition) is 2. The second kappa shape index (κ2) is 11.1. The van der Waals surface area contributed by atoms with Crippen molar-refractivity contribution in [3.63, 3.8) is 0 Å². The molecule has 14 heteroatoms. The molecule has 0 fully saturated rings. The monoisotopic (exact) mass is 549 g/mol. The van der Waals surface area contributed by atoms with E-state index in [1.807, 2.05) is 0 Å². The molecule has 3 aromatic rings. The number of anilines is 1. The minimum atomic E-state index is -4.57. The second-order valence-electron chi connectivity index (χ2n) is 7.26. The van der Waals surface area contributed by atoms with Crippen LogP contribution in [0.2, 0.25) is 5.02 Å². The molecule has 0 saturated carbocycles. The third kappa shape index (κ3) is 6.08. The van der Waals surface area contributed by atoms with Crippen molar-refractivity contribution < 1.29 is 37.1 Å². The van der Waals surface area contributed by atoms with Crippen molar-refractivity contribution in [2.75, 3.05) is 26.6 Å². The summed E-state index contributed by atoms with van der Waals surface area (Å²) < 4.78 is 43.3. The number of nitrogens with zero attached hydrogens (tertiary/aromatic N) is 1. The Morgan fingerprint density at radius 2 is 1.51 bits per heavy atom. The van der Waals surface area contributed by atoms with E-state index in [2.05, 4.69) is 5.32 Å². The van der Waals surface area contributed by atoms with E-state index in [0.29, 0.717) is 5.75 Å². The highest BCUT2D eigenvalue weighted by Crippen LogP contribution is 2.40. The predicted octanol–water partition coefficient (Wildman–Crippen LogP) is 3.65. The Hall–Kier alpha value is -4.36. The minimum Gasteiger partial charge on any atom is -0.493 e. The third-order valence-corrected chi connectivity index (χ3v) is 6.76. The lowest BCUT2D eigenvalue weighted by Crippen LogP contribution is -2.31. The first-order valence-electron chi connectivity index (χ1n) is 10.2. The number of ether oxygens (including phenoxy) is 3. The van der Waals surface area contributed by atoms with Gasteiger partial charge in [0.15, 0.2) is 11.5 Å². The normalized spacial score (nSPS) is 10.8. The van der Waals surface area contributed by atoms with Crippen molar-refractivity contribution >= 4 is 44.8 Å². The van der Waals surface area contributed by atoms with Crippen LogP contribution >= 0.6 is 11.6 Å². The highest BCUT2D eigenvalue weighted by molar-refractivity contribution is 7.90. The van der Waals surface area contributed by atoms with E-state index in [9.17, 15) is 28.1 Å². The molecule has 0 spiro atoms. The molecule has 0 aliphatic carbocycles. The number of nitro benzene ring substituents is 1. The van der Waals surface area contributed by atoms with E-state index in [-0.39, 0.29) is 33.3 Å². The largest absolute Gasteiger partial charge is 0.493 e. The van der Waals surface area contributed by atoms with Gasteiger partial charge in [0, 0.05) is 41.1 Å². The molecule has 3 aromatic carbocycles. The van der Waals surface area contributed by atoms with Crippen LogP contribution in [0.3, 0.4) is 0 Å². The number of amides is 2. The summed E-state index contributed by atoms with van der Waals surface area (Å²) in [5, 5.41) is 13.3. The first-order valence-corrected chi connectivity index (χ1v) is 12.1. The van der Waals surface area contributed by atoms with Gasteiger partial charge in [-0.2, -0.15) is 0 Å². The van der Waals surface area contributed by atoms with Crippen LogP contribution in [0.4, 0.5) is 11.4 Å². The third-order valence-electron chi connectivity index (χ3n) is 4.95. The quantitative estimate of drug-likeness (QED) is 0.299. The topological polar surface area (TPSA) is 163 Å². The summed E-state index contributed by atoms with van der Waals surface area (Å²) in [6.07, 6.45) is 0. The van der Waals surface area contributed by atoms with Crippen molar-refractivity contribution in [3.8, 4) is 17.2 Å². The lowest BCUT2D eigenvalue weighted by molar-refractivity contribution is -0.384. The fourth-order valence-corrected chi connectivity index (χ4v) is 4.70. The van der Waals surface area contributed by atoms with Crippen LogP contribution in [0.1, 0.15) is 20.7 Å². The zero-order valence-corrected chi connectivity index (χ0v) is 21.2. The van der Waals surface area contributed by atoms with Gasteiger partial charge in [-0.05, 0) is 24.3 Å². The van der Waals surface area contributed by atoms with Crippen LogP contribution in [0.5, 0.6) is 17.2 Å². The average molecular weight is 550 g/mol. The number of rotatable bonds is 9. The molecule has 0 radical (unpaired) electrons. The van der Waals surface area contributed by atoms with Gasteiger partial charge in [-0.1, -0.05) is 17.7 Å². The molecule has 0 unspecified atom stereocenters. The molecule has 3 rings (SSSR count). The van der Waals surface area contributed by atoms with Crippen LogP contribution in [-0.2, 0) is 10.0 Å². The summed E-state index contributed by atoms with van der Waals surface area (Å²) in [6.45, 7) is 0. The molecule has 2 N–H and O–H groups in total. The Morgan fingerprint density at radius 3 is 2.08 bits per heavy atom. The zero-order valence-electron chi connectivity index (χ0n) is 19.6. The molecule has 0 aliphatic rings. The molecule has 194 valence electrons. The van der Waals surface area contributed by atoms with E-state index >= 15 is 0 Å². The summed E-state index contributed by atoms with van der Waals surface area (Å²) in [5.74, 6) is -0.956. The summed E-state index contributed by atoms with van der Waals surface area (Å²) in [7, 11) is -0.338. The fraction of sp³-hybridized carbons (Fsp3) is 0.130. The molecule has 0 atom stereocenters. The summed E-state index contributed by atoms with van der Waals surface area (Å²) in [4.78, 5) is 35.0. The zero-order chi connectivity index (χ0) is 27.3. The van der Waals surface area contributed by atoms with E-state index in [4.69, 9.17) is 25.8 Å². The highest BCUT2D eigenvalue weighted by atomic mass is 35.5. The van der Waals surface area contributed by atoms with Crippen molar-refractivity contribution in [2.45, 2.75) is 4.90 Å². The summed E-state index contributed by atoms with van der Waals surface area (Å²) >= 11 is 6.06. The van der Waals surface area contributed by atoms with E-state index in [1.54, 1.807) is 4.72 Å².